The molecular weight excluding hydrogens is 399 g/mol. The van der Waals surface area contributed by atoms with Crippen molar-refractivity contribution in [3.8, 4) is 0 Å². The highest BCUT2D eigenvalue weighted by Gasteiger charge is 2.14. The molecule has 0 heterocycles. The molecule has 1 amide bonds. The Labute approximate surface area is 162 Å². The van der Waals surface area contributed by atoms with Gasteiger partial charge < -0.3 is 10.1 Å². The number of methoxy groups -OCH3 is 1. The maximum Gasteiger partial charge on any atom is 0.253 e. The van der Waals surface area contributed by atoms with Gasteiger partial charge in [-0.25, -0.2) is 13.1 Å². The molecule has 2 N–H and O–H groups in total. The van der Waals surface area contributed by atoms with Gasteiger partial charge in [0.1, 0.15) is 0 Å². The maximum atomic E-state index is 12.2. The Hall–Kier alpha value is -1.64. The second-order valence-corrected chi connectivity index (χ2v) is 7.95. The fourth-order valence-electron chi connectivity index (χ4n) is 2.10. The third kappa shape index (κ3) is 5.69. The van der Waals surface area contributed by atoms with E-state index in [4.69, 9.17) is 27.9 Å². The summed E-state index contributed by atoms with van der Waals surface area (Å²) in [6.07, 6.45) is 0. The van der Waals surface area contributed by atoms with E-state index in [0.29, 0.717) is 10.0 Å². The molecule has 0 aliphatic carbocycles. The predicted molar refractivity (Wildman–Crippen MR) is 101 cm³/mol. The van der Waals surface area contributed by atoms with E-state index in [1.165, 1.54) is 25.3 Å². The molecule has 0 unspecified atom stereocenters. The average Bonchev–Trinajstić information content (AvgIpc) is 2.62. The normalized spacial score (nSPS) is 11.3. The summed E-state index contributed by atoms with van der Waals surface area (Å²) in [5.74, 6) is -0.365. The van der Waals surface area contributed by atoms with Crippen LogP contribution in [0.3, 0.4) is 0 Å². The van der Waals surface area contributed by atoms with E-state index in [1.807, 2.05) is 0 Å². The number of halogens is 2. The molecule has 0 aliphatic heterocycles. The van der Waals surface area contributed by atoms with Gasteiger partial charge in [-0.2, -0.15) is 0 Å². The molecular formula is C17H18Cl2N2O4S. The van der Waals surface area contributed by atoms with Crippen LogP contribution in [0.5, 0.6) is 0 Å². The van der Waals surface area contributed by atoms with Crippen LogP contribution in [-0.2, 0) is 21.3 Å². The molecule has 140 valence electrons. The first kappa shape index (κ1) is 20.7. The number of hydrogen-bond donors (Lipinski definition) is 2. The predicted octanol–water partition coefficient (Wildman–Crippen LogP) is 2.85. The Morgan fingerprint density at radius 3 is 2.46 bits per heavy atom. The SMILES string of the molecule is COCCNS(=O)(=O)c1ccc(CNC(=O)c2cc(Cl)ccc2Cl)cc1. The van der Waals surface area contributed by atoms with Gasteiger partial charge in [0.15, 0.2) is 0 Å². The number of carbonyl (C=O) groups excluding carboxylic acids is 1. The number of ether oxygens (including phenoxy) is 1. The summed E-state index contributed by atoms with van der Waals surface area (Å²) in [5, 5.41) is 3.43. The number of sulfonamides is 1. The third-order valence-electron chi connectivity index (χ3n) is 3.46. The van der Waals surface area contributed by atoms with Crippen molar-refractivity contribution in [3.05, 3.63) is 63.6 Å². The van der Waals surface area contributed by atoms with E-state index in [1.54, 1.807) is 24.3 Å². The quantitative estimate of drug-likeness (QED) is 0.647. The van der Waals surface area contributed by atoms with Crippen LogP contribution >= 0.6 is 23.2 Å². The van der Waals surface area contributed by atoms with Gasteiger partial charge in [-0.15, -0.1) is 0 Å². The van der Waals surface area contributed by atoms with Crippen LogP contribution in [0.15, 0.2) is 47.4 Å². The Morgan fingerprint density at radius 1 is 1.12 bits per heavy atom. The van der Waals surface area contributed by atoms with Crippen molar-refractivity contribution in [2.45, 2.75) is 11.4 Å². The van der Waals surface area contributed by atoms with E-state index in [9.17, 15) is 13.2 Å². The van der Waals surface area contributed by atoms with Crippen molar-refractivity contribution in [1.29, 1.82) is 0 Å². The first-order valence-electron chi connectivity index (χ1n) is 7.64. The lowest BCUT2D eigenvalue weighted by Gasteiger charge is -2.09. The highest BCUT2D eigenvalue weighted by molar-refractivity contribution is 7.89. The minimum absolute atomic E-state index is 0.140. The monoisotopic (exact) mass is 416 g/mol. The minimum Gasteiger partial charge on any atom is -0.383 e. The first-order chi connectivity index (χ1) is 12.3. The number of nitrogens with one attached hydrogen (secondary N) is 2. The zero-order chi connectivity index (χ0) is 19.2. The number of rotatable bonds is 8. The van der Waals surface area contributed by atoms with Gasteiger partial charge in [0.25, 0.3) is 5.91 Å². The highest BCUT2D eigenvalue weighted by Crippen LogP contribution is 2.20. The van der Waals surface area contributed by atoms with Gasteiger partial charge in [0, 0.05) is 25.2 Å². The van der Waals surface area contributed by atoms with Crippen LogP contribution in [-0.4, -0.2) is 34.6 Å². The van der Waals surface area contributed by atoms with E-state index in [0.717, 1.165) is 5.56 Å². The van der Waals surface area contributed by atoms with Crippen molar-refractivity contribution < 1.29 is 17.9 Å². The van der Waals surface area contributed by atoms with Gasteiger partial charge in [0.05, 0.1) is 22.1 Å². The lowest BCUT2D eigenvalue weighted by atomic mass is 10.2. The molecule has 0 spiro atoms. The summed E-state index contributed by atoms with van der Waals surface area (Å²) in [6.45, 7) is 0.700. The Bertz CT molecular complexity index is 871. The van der Waals surface area contributed by atoms with Gasteiger partial charge in [-0.1, -0.05) is 35.3 Å². The molecule has 0 fully saturated rings. The Morgan fingerprint density at radius 2 is 1.81 bits per heavy atom. The standard InChI is InChI=1S/C17H18Cl2N2O4S/c1-25-9-8-21-26(23,24)14-5-2-12(3-6-14)11-20-17(22)15-10-13(18)4-7-16(15)19/h2-7,10,21H,8-9,11H2,1H3,(H,20,22). The van der Waals surface area contributed by atoms with E-state index < -0.39 is 10.0 Å². The van der Waals surface area contributed by atoms with Crippen molar-refractivity contribution in [1.82, 2.24) is 10.0 Å². The number of carbonyl (C=O) groups is 1. The zero-order valence-electron chi connectivity index (χ0n) is 14.0. The van der Waals surface area contributed by atoms with E-state index >= 15 is 0 Å². The number of hydrogen-bond acceptors (Lipinski definition) is 4. The fraction of sp³-hybridized carbons (Fsp3) is 0.235. The van der Waals surface area contributed by atoms with Crippen LogP contribution in [0.2, 0.25) is 10.0 Å². The molecule has 0 aromatic heterocycles. The molecule has 2 rings (SSSR count). The Kier molecular flexibility index (Phi) is 7.43. The molecule has 0 bridgehead atoms. The van der Waals surface area contributed by atoms with Crippen molar-refractivity contribution in [3.63, 3.8) is 0 Å². The van der Waals surface area contributed by atoms with Gasteiger partial charge in [-0.3, -0.25) is 4.79 Å². The zero-order valence-corrected chi connectivity index (χ0v) is 16.3. The second kappa shape index (κ2) is 9.34. The first-order valence-corrected chi connectivity index (χ1v) is 9.88. The van der Waals surface area contributed by atoms with Gasteiger partial charge in [0.2, 0.25) is 10.0 Å². The summed E-state index contributed by atoms with van der Waals surface area (Å²) in [6, 6.07) is 10.8. The maximum absolute atomic E-state index is 12.2. The lowest BCUT2D eigenvalue weighted by Crippen LogP contribution is -2.27. The lowest BCUT2D eigenvalue weighted by molar-refractivity contribution is 0.0951. The molecule has 0 saturated carbocycles. The van der Waals surface area contributed by atoms with Crippen LogP contribution in [0.1, 0.15) is 15.9 Å². The highest BCUT2D eigenvalue weighted by atomic mass is 35.5. The number of benzene rings is 2. The van der Waals surface area contributed by atoms with Gasteiger partial charge >= 0.3 is 0 Å². The molecule has 0 aliphatic rings. The summed E-state index contributed by atoms with van der Waals surface area (Å²) in [4.78, 5) is 12.3. The van der Waals surface area contributed by atoms with Crippen molar-refractivity contribution in [2.24, 2.45) is 0 Å². The van der Waals surface area contributed by atoms with Crippen molar-refractivity contribution >= 4 is 39.1 Å². The Balaban J connectivity index is 1.99. The minimum atomic E-state index is -3.58. The summed E-state index contributed by atoms with van der Waals surface area (Å²) < 4.78 is 31.4. The average molecular weight is 417 g/mol. The summed E-state index contributed by atoms with van der Waals surface area (Å²) in [5.41, 5.74) is 1.02. The molecule has 6 nitrogen and oxygen atoms in total. The molecule has 0 atom stereocenters. The largest absolute Gasteiger partial charge is 0.383 e. The molecule has 9 heteroatoms. The number of amides is 1. The second-order valence-electron chi connectivity index (χ2n) is 5.34. The van der Waals surface area contributed by atoms with Crippen LogP contribution in [0.25, 0.3) is 0 Å². The molecule has 0 saturated heterocycles. The molecule has 0 radical (unpaired) electrons. The molecule has 26 heavy (non-hydrogen) atoms. The van der Waals surface area contributed by atoms with Crippen LogP contribution in [0, 0.1) is 0 Å². The third-order valence-corrected chi connectivity index (χ3v) is 5.50. The van der Waals surface area contributed by atoms with Crippen LogP contribution in [0.4, 0.5) is 0 Å². The van der Waals surface area contributed by atoms with Gasteiger partial charge in [-0.05, 0) is 35.9 Å². The topological polar surface area (TPSA) is 84.5 Å². The van der Waals surface area contributed by atoms with Crippen molar-refractivity contribution in [2.75, 3.05) is 20.3 Å². The van der Waals surface area contributed by atoms with E-state index in [-0.39, 0.29) is 36.1 Å². The van der Waals surface area contributed by atoms with Crippen LogP contribution < -0.4 is 10.0 Å². The smallest absolute Gasteiger partial charge is 0.253 e. The fourth-order valence-corrected chi connectivity index (χ4v) is 3.49. The summed E-state index contributed by atoms with van der Waals surface area (Å²) >= 11 is 11.9. The summed E-state index contributed by atoms with van der Waals surface area (Å²) in [7, 11) is -2.09. The molecule has 2 aromatic carbocycles. The van der Waals surface area contributed by atoms with E-state index in [2.05, 4.69) is 10.0 Å². The molecule has 2 aromatic rings.